The van der Waals surface area contributed by atoms with Crippen molar-refractivity contribution in [3.8, 4) is 11.3 Å². The zero-order chi connectivity index (χ0) is 18.3. The molecule has 1 aromatic carbocycles. The lowest BCUT2D eigenvalue weighted by Crippen LogP contribution is -2.11. The molecular weight excluding hydrogens is 344 g/mol. The molecule has 0 aliphatic heterocycles. The maximum absolute atomic E-state index is 5.76. The zero-order valence-electron chi connectivity index (χ0n) is 14.5. The zero-order valence-corrected chi connectivity index (χ0v) is 15.3. The molecule has 0 saturated heterocycles. The molecule has 26 heavy (non-hydrogen) atoms. The van der Waals surface area contributed by atoms with E-state index in [1.807, 2.05) is 18.4 Å². The lowest BCUT2D eigenvalue weighted by Gasteiger charge is -2.16. The third-order valence-electron chi connectivity index (χ3n) is 4.41. The summed E-state index contributed by atoms with van der Waals surface area (Å²) in [5.41, 5.74) is 16.7. The second-order valence-electron chi connectivity index (χ2n) is 6.22. The van der Waals surface area contributed by atoms with Crippen LogP contribution < -0.4 is 11.5 Å². The highest BCUT2D eigenvalue weighted by Crippen LogP contribution is 2.35. The molecule has 0 saturated carbocycles. The molecule has 4 N–H and O–H groups in total. The van der Waals surface area contributed by atoms with Crippen LogP contribution in [0.1, 0.15) is 29.8 Å². The van der Waals surface area contributed by atoms with Crippen molar-refractivity contribution in [1.29, 1.82) is 0 Å². The molecule has 4 aromatic rings. The van der Waals surface area contributed by atoms with Gasteiger partial charge >= 0.3 is 0 Å². The average molecular weight is 362 g/mol. The number of thiophene rings is 1. The number of aryl methyl sites for hydroxylation is 1. The molecule has 4 rings (SSSR count). The van der Waals surface area contributed by atoms with Gasteiger partial charge < -0.3 is 11.5 Å². The fourth-order valence-electron chi connectivity index (χ4n) is 3.08. The van der Waals surface area contributed by atoms with E-state index < -0.39 is 0 Å². The van der Waals surface area contributed by atoms with Gasteiger partial charge in [-0.15, -0.1) is 0 Å². The molecule has 3 aromatic heterocycles. The summed E-state index contributed by atoms with van der Waals surface area (Å²) in [4.78, 5) is 17.4. The van der Waals surface area contributed by atoms with Crippen molar-refractivity contribution in [2.24, 2.45) is 0 Å². The number of nitrogen functional groups attached to an aromatic ring is 2. The van der Waals surface area contributed by atoms with Gasteiger partial charge in [-0.1, -0.05) is 25.1 Å². The number of benzene rings is 1. The van der Waals surface area contributed by atoms with Crippen molar-refractivity contribution in [1.82, 2.24) is 19.9 Å². The van der Waals surface area contributed by atoms with Gasteiger partial charge in [-0.05, 0) is 35.6 Å². The third kappa shape index (κ3) is 2.86. The summed E-state index contributed by atoms with van der Waals surface area (Å²) in [6.07, 6.45) is 0. The number of nitrogens with zero attached hydrogens (tertiary/aromatic N) is 4. The quantitative estimate of drug-likeness (QED) is 0.575. The first-order valence-corrected chi connectivity index (χ1v) is 9.17. The Morgan fingerprint density at radius 3 is 2.46 bits per heavy atom. The van der Waals surface area contributed by atoms with Crippen molar-refractivity contribution in [3.05, 3.63) is 58.0 Å². The van der Waals surface area contributed by atoms with Crippen LogP contribution >= 0.6 is 11.3 Å². The SMILES string of the molecule is Cc1cccc2cc(C(C)c3nc(N)nc(N)n3)c(-c3ccsc3)nc12. The minimum absolute atomic E-state index is 0.126. The Morgan fingerprint density at radius 2 is 1.77 bits per heavy atom. The number of nitrogens with two attached hydrogens (primary N) is 2. The van der Waals surface area contributed by atoms with Gasteiger partial charge in [-0.2, -0.15) is 26.3 Å². The van der Waals surface area contributed by atoms with Crippen LogP contribution in [0.15, 0.2) is 41.1 Å². The van der Waals surface area contributed by atoms with Crippen LogP contribution in [0.5, 0.6) is 0 Å². The minimum atomic E-state index is -0.130. The lowest BCUT2D eigenvalue weighted by atomic mass is 9.94. The molecule has 3 heterocycles. The summed E-state index contributed by atoms with van der Waals surface area (Å²) < 4.78 is 0. The predicted octanol–water partition coefficient (Wildman–Crippen LogP) is 3.77. The van der Waals surface area contributed by atoms with Crippen LogP contribution in [0, 0.1) is 6.92 Å². The number of fused-ring (bicyclic) bond motifs is 1. The molecule has 0 amide bonds. The van der Waals surface area contributed by atoms with Gasteiger partial charge in [-0.3, -0.25) is 0 Å². The van der Waals surface area contributed by atoms with E-state index in [-0.39, 0.29) is 17.8 Å². The molecular formula is C19H18N6S. The van der Waals surface area contributed by atoms with Crippen molar-refractivity contribution >= 4 is 34.1 Å². The Morgan fingerprint density at radius 1 is 1.00 bits per heavy atom. The highest BCUT2D eigenvalue weighted by atomic mass is 32.1. The van der Waals surface area contributed by atoms with E-state index in [1.165, 1.54) is 0 Å². The largest absolute Gasteiger partial charge is 0.368 e. The van der Waals surface area contributed by atoms with E-state index in [9.17, 15) is 0 Å². The van der Waals surface area contributed by atoms with Gasteiger partial charge in [-0.25, -0.2) is 4.98 Å². The standard InChI is InChI=1S/C19H18N6S/c1-10-4-3-5-12-8-14(11(2)17-23-18(20)25-19(21)24-17)16(22-15(10)12)13-6-7-26-9-13/h3-9,11H,1-2H3,(H4,20,21,23,24,25). The van der Waals surface area contributed by atoms with Crippen molar-refractivity contribution in [2.45, 2.75) is 19.8 Å². The molecule has 6 nitrogen and oxygen atoms in total. The number of hydrogen-bond acceptors (Lipinski definition) is 7. The maximum atomic E-state index is 5.76. The fourth-order valence-corrected chi connectivity index (χ4v) is 3.72. The molecule has 130 valence electrons. The van der Waals surface area contributed by atoms with E-state index in [4.69, 9.17) is 16.5 Å². The lowest BCUT2D eigenvalue weighted by molar-refractivity contribution is 0.806. The summed E-state index contributed by atoms with van der Waals surface area (Å²) in [7, 11) is 0. The number of pyridine rings is 1. The normalized spacial score (nSPS) is 12.4. The Bertz CT molecular complexity index is 1070. The monoisotopic (exact) mass is 362 g/mol. The molecule has 0 fully saturated rings. The smallest absolute Gasteiger partial charge is 0.225 e. The van der Waals surface area contributed by atoms with Crippen LogP contribution in [0.2, 0.25) is 0 Å². The Hall–Kier alpha value is -3.06. The van der Waals surface area contributed by atoms with Crippen LogP contribution in [-0.2, 0) is 0 Å². The Balaban J connectivity index is 1.96. The Labute approximate surface area is 155 Å². The predicted molar refractivity (Wildman–Crippen MR) is 106 cm³/mol. The molecule has 0 bridgehead atoms. The van der Waals surface area contributed by atoms with E-state index in [0.29, 0.717) is 5.82 Å². The van der Waals surface area contributed by atoms with Crippen LogP contribution in [-0.4, -0.2) is 19.9 Å². The van der Waals surface area contributed by atoms with E-state index >= 15 is 0 Å². The van der Waals surface area contributed by atoms with E-state index in [2.05, 4.69) is 51.5 Å². The van der Waals surface area contributed by atoms with Gasteiger partial charge in [0, 0.05) is 22.2 Å². The number of para-hydroxylation sites is 1. The van der Waals surface area contributed by atoms with Gasteiger partial charge in [0.15, 0.2) is 0 Å². The summed E-state index contributed by atoms with van der Waals surface area (Å²) >= 11 is 1.64. The highest BCUT2D eigenvalue weighted by molar-refractivity contribution is 7.08. The van der Waals surface area contributed by atoms with Crippen LogP contribution in [0.4, 0.5) is 11.9 Å². The average Bonchev–Trinajstić information content (AvgIpc) is 3.14. The van der Waals surface area contributed by atoms with Crippen LogP contribution in [0.3, 0.4) is 0 Å². The van der Waals surface area contributed by atoms with Gasteiger partial charge in [0.2, 0.25) is 11.9 Å². The van der Waals surface area contributed by atoms with Gasteiger partial charge in [0.1, 0.15) is 5.82 Å². The van der Waals surface area contributed by atoms with E-state index in [0.717, 1.165) is 33.3 Å². The first kappa shape index (κ1) is 16.4. The summed E-state index contributed by atoms with van der Waals surface area (Å²) in [6, 6.07) is 10.4. The summed E-state index contributed by atoms with van der Waals surface area (Å²) in [5.74, 6) is 0.664. The topological polar surface area (TPSA) is 104 Å². The third-order valence-corrected chi connectivity index (χ3v) is 5.10. The number of aromatic nitrogens is 4. The fraction of sp³-hybridized carbons (Fsp3) is 0.158. The molecule has 0 aliphatic carbocycles. The first-order valence-electron chi connectivity index (χ1n) is 8.22. The second-order valence-corrected chi connectivity index (χ2v) is 7.00. The van der Waals surface area contributed by atoms with E-state index in [1.54, 1.807) is 11.3 Å². The molecule has 1 unspecified atom stereocenters. The Kier molecular flexibility index (Phi) is 4.00. The number of rotatable bonds is 3. The summed E-state index contributed by atoms with van der Waals surface area (Å²) in [5, 5.41) is 5.23. The maximum Gasteiger partial charge on any atom is 0.225 e. The van der Waals surface area contributed by atoms with Crippen LogP contribution in [0.25, 0.3) is 22.2 Å². The van der Waals surface area contributed by atoms with Crippen molar-refractivity contribution in [2.75, 3.05) is 11.5 Å². The number of anilines is 2. The molecule has 0 radical (unpaired) electrons. The van der Waals surface area contributed by atoms with Gasteiger partial charge in [0.25, 0.3) is 0 Å². The molecule has 7 heteroatoms. The highest BCUT2D eigenvalue weighted by Gasteiger charge is 2.20. The molecule has 1 atom stereocenters. The summed E-state index contributed by atoms with van der Waals surface area (Å²) in [6.45, 7) is 4.10. The second kappa shape index (κ2) is 6.34. The minimum Gasteiger partial charge on any atom is -0.368 e. The molecule has 0 spiro atoms. The van der Waals surface area contributed by atoms with Gasteiger partial charge in [0.05, 0.1) is 11.2 Å². The van der Waals surface area contributed by atoms with Crippen molar-refractivity contribution in [3.63, 3.8) is 0 Å². The van der Waals surface area contributed by atoms with Crippen molar-refractivity contribution < 1.29 is 0 Å². The molecule has 0 aliphatic rings. The number of hydrogen-bond donors (Lipinski definition) is 2. The first-order chi connectivity index (χ1) is 12.5.